The van der Waals surface area contributed by atoms with Crippen LogP contribution in [-0.2, 0) is 19.4 Å². The van der Waals surface area contributed by atoms with E-state index in [-0.39, 0.29) is 5.56 Å². The Hall–Kier alpha value is -1.58. The molecule has 3 nitrogen and oxygen atoms in total. The molecule has 0 saturated heterocycles. The van der Waals surface area contributed by atoms with Gasteiger partial charge in [-0.3, -0.25) is 9.79 Å². The standard InChI is InChI=1S/C22H26Cl2N2O/c1-15(2)11-13-26-21-5-3-4-20(17(21)7-9-22(26)27)25-12-10-16-6-8-18(23)19(24)14-16/h6-9,14-15H,3-5,10-13H2,1-2H3. The van der Waals surface area contributed by atoms with Crippen molar-refractivity contribution in [2.45, 2.75) is 52.5 Å². The fourth-order valence-corrected chi connectivity index (χ4v) is 3.84. The van der Waals surface area contributed by atoms with Crippen molar-refractivity contribution in [1.29, 1.82) is 0 Å². The molecule has 1 heterocycles. The molecular weight excluding hydrogens is 379 g/mol. The first-order chi connectivity index (χ1) is 13.0. The molecule has 0 aliphatic heterocycles. The highest BCUT2D eigenvalue weighted by molar-refractivity contribution is 6.42. The van der Waals surface area contributed by atoms with Gasteiger partial charge in [-0.1, -0.05) is 43.1 Å². The number of hydrogen-bond acceptors (Lipinski definition) is 2. The van der Waals surface area contributed by atoms with Gasteiger partial charge in [0, 0.05) is 36.1 Å². The summed E-state index contributed by atoms with van der Waals surface area (Å²) in [6.45, 7) is 5.88. The van der Waals surface area contributed by atoms with Gasteiger partial charge < -0.3 is 4.57 Å². The van der Waals surface area contributed by atoms with Crippen LogP contribution in [0.1, 0.15) is 49.9 Å². The van der Waals surface area contributed by atoms with Crippen molar-refractivity contribution in [1.82, 2.24) is 4.57 Å². The molecule has 5 heteroatoms. The van der Waals surface area contributed by atoms with E-state index in [9.17, 15) is 4.79 Å². The summed E-state index contributed by atoms with van der Waals surface area (Å²) in [5.41, 5.74) is 4.66. The highest BCUT2D eigenvalue weighted by Crippen LogP contribution is 2.24. The van der Waals surface area contributed by atoms with Gasteiger partial charge in [0.15, 0.2) is 0 Å². The van der Waals surface area contributed by atoms with Crippen molar-refractivity contribution in [3.05, 3.63) is 67.6 Å². The number of aromatic nitrogens is 1. The van der Waals surface area contributed by atoms with Crippen LogP contribution in [0.25, 0.3) is 0 Å². The summed E-state index contributed by atoms with van der Waals surface area (Å²) < 4.78 is 1.96. The average Bonchev–Trinajstić information content (AvgIpc) is 2.63. The van der Waals surface area contributed by atoms with Crippen molar-refractivity contribution in [3.63, 3.8) is 0 Å². The van der Waals surface area contributed by atoms with Crippen LogP contribution in [0, 0.1) is 5.92 Å². The van der Waals surface area contributed by atoms with Crippen molar-refractivity contribution in [2.75, 3.05) is 6.54 Å². The molecule has 27 heavy (non-hydrogen) atoms. The van der Waals surface area contributed by atoms with Crippen molar-refractivity contribution < 1.29 is 0 Å². The van der Waals surface area contributed by atoms with Gasteiger partial charge in [-0.2, -0.15) is 0 Å². The number of fused-ring (bicyclic) bond motifs is 1. The molecule has 0 radical (unpaired) electrons. The fourth-order valence-electron chi connectivity index (χ4n) is 3.52. The third-order valence-electron chi connectivity index (χ3n) is 5.05. The Morgan fingerprint density at radius 2 is 1.93 bits per heavy atom. The average molecular weight is 405 g/mol. The number of rotatable bonds is 6. The van der Waals surface area contributed by atoms with Gasteiger partial charge in [0.1, 0.15) is 0 Å². The van der Waals surface area contributed by atoms with Crippen molar-refractivity contribution >= 4 is 28.9 Å². The maximum absolute atomic E-state index is 12.4. The van der Waals surface area contributed by atoms with E-state index in [1.165, 1.54) is 0 Å². The van der Waals surface area contributed by atoms with E-state index >= 15 is 0 Å². The van der Waals surface area contributed by atoms with Gasteiger partial charge in [0.25, 0.3) is 5.56 Å². The topological polar surface area (TPSA) is 34.4 Å². The Balaban J connectivity index is 1.79. The molecule has 0 spiro atoms. The van der Waals surface area contributed by atoms with Gasteiger partial charge in [-0.15, -0.1) is 0 Å². The smallest absolute Gasteiger partial charge is 0.250 e. The fraction of sp³-hybridized carbons (Fsp3) is 0.455. The number of nitrogens with zero attached hydrogens (tertiary/aromatic N) is 2. The SMILES string of the molecule is CC(C)CCn1c2c(ccc1=O)C(=NCCc1ccc(Cl)c(Cl)c1)CCC2. The summed E-state index contributed by atoms with van der Waals surface area (Å²) in [6, 6.07) is 9.38. The lowest BCUT2D eigenvalue weighted by atomic mass is 9.93. The molecule has 0 fully saturated rings. The lowest BCUT2D eigenvalue weighted by molar-refractivity contribution is 0.493. The Bertz CT molecular complexity index is 900. The minimum atomic E-state index is 0.103. The Kier molecular flexibility index (Phi) is 6.78. The monoisotopic (exact) mass is 404 g/mol. The lowest BCUT2D eigenvalue weighted by Gasteiger charge is -2.23. The van der Waals surface area contributed by atoms with Crippen molar-refractivity contribution in [3.8, 4) is 0 Å². The molecule has 0 unspecified atom stereocenters. The molecular formula is C22H26Cl2N2O. The van der Waals surface area contributed by atoms with E-state index in [0.717, 1.165) is 61.2 Å². The molecule has 144 valence electrons. The second-order valence-corrected chi connectivity index (χ2v) is 8.36. The maximum atomic E-state index is 12.4. The van der Waals surface area contributed by atoms with Gasteiger partial charge >= 0.3 is 0 Å². The first-order valence-electron chi connectivity index (χ1n) is 9.66. The quantitative estimate of drug-likeness (QED) is 0.619. The van der Waals surface area contributed by atoms with Crippen LogP contribution >= 0.6 is 23.2 Å². The molecule has 1 aromatic carbocycles. The Labute approximate surface area is 171 Å². The minimum absolute atomic E-state index is 0.103. The van der Waals surface area contributed by atoms with E-state index in [0.29, 0.717) is 22.5 Å². The molecule has 3 rings (SSSR count). The molecule has 1 aliphatic carbocycles. The molecule has 0 N–H and O–H groups in total. The zero-order chi connectivity index (χ0) is 19.4. The van der Waals surface area contributed by atoms with E-state index in [1.807, 2.05) is 28.8 Å². The molecule has 0 amide bonds. The number of aliphatic imine (C=N–C) groups is 1. The predicted molar refractivity (Wildman–Crippen MR) is 115 cm³/mol. The summed E-state index contributed by atoms with van der Waals surface area (Å²) >= 11 is 12.1. The normalized spacial score (nSPS) is 15.4. The van der Waals surface area contributed by atoms with Gasteiger partial charge in [0.2, 0.25) is 0 Å². The van der Waals surface area contributed by atoms with Crippen LogP contribution in [0.3, 0.4) is 0 Å². The molecule has 1 aromatic heterocycles. The second kappa shape index (κ2) is 9.07. The first-order valence-corrected chi connectivity index (χ1v) is 10.4. The van der Waals surface area contributed by atoms with Crippen LogP contribution < -0.4 is 5.56 Å². The third kappa shape index (κ3) is 5.03. The van der Waals surface area contributed by atoms with Crippen LogP contribution in [0.4, 0.5) is 0 Å². The molecule has 0 bridgehead atoms. The second-order valence-electron chi connectivity index (χ2n) is 7.55. The van der Waals surface area contributed by atoms with E-state index in [4.69, 9.17) is 28.2 Å². The molecule has 0 atom stereocenters. The summed E-state index contributed by atoms with van der Waals surface area (Å²) in [7, 11) is 0. The minimum Gasteiger partial charge on any atom is -0.312 e. The molecule has 0 saturated carbocycles. The highest BCUT2D eigenvalue weighted by Gasteiger charge is 2.19. The lowest BCUT2D eigenvalue weighted by Crippen LogP contribution is -2.28. The predicted octanol–water partition coefficient (Wildman–Crippen LogP) is 5.57. The summed E-state index contributed by atoms with van der Waals surface area (Å²) in [6.07, 6.45) is 4.80. The maximum Gasteiger partial charge on any atom is 0.250 e. The van der Waals surface area contributed by atoms with Crippen LogP contribution in [-0.4, -0.2) is 16.8 Å². The van der Waals surface area contributed by atoms with Crippen LogP contribution in [0.15, 0.2) is 40.1 Å². The van der Waals surface area contributed by atoms with E-state index in [2.05, 4.69) is 13.8 Å². The zero-order valence-corrected chi connectivity index (χ0v) is 17.5. The number of hydrogen-bond donors (Lipinski definition) is 0. The number of halogens is 2. The largest absolute Gasteiger partial charge is 0.312 e. The summed E-state index contributed by atoms with van der Waals surface area (Å²) in [4.78, 5) is 17.2. The van der Waals surface area contributed by atoms with Gasteiger partial charge in [-0.05, 0) is 61.8 Å². The molecule has 2 aromatic rings. The first kappa shape index (κ1) is 20.2. The van der Waals surface area contributed by atoms with E-state index < -0.39 is 0 Å². The third-order valence-corrected chi connectivity index (χ3v) is 5.79. The van der Waals surface area contributed by atoms with Crippen LogP contribution in [0.5, 0.6) is 0 Å². The van der Waals surface area contributed by atoms with Crippen molar-refractivity contribution in [2.24, 2.45) is 10.9 Å². The Morgan fingerprint density at radius 1 is 1.11 bits per heavy atom. The van der Waals surface area contributed by atoms with Gasteiger partial charge in [0.05, 0.1) is 10.0 Å². The summed E-state index contributed by atoms with van der Waals surface area (Å²) in [5, 5.41) is 1.16. The zero-order valence-electron chi connectivity index (χ0n) is 16.0. The van der Waals surface area contributed by atoms with Crippen LogP contribution in [0.2, 0.25) is 10.0 Å². The Morgan fingerprint density at radius 3 is 2.67 bits per heavy atom. The van der Waals surface area contributed by atoms with E-state index in [1.54, 1.807) is 6.07 Å². The number of benzene rings is 1. The van der Waals surface area contributed by atoms with Gasteiger partial charge in [-0.25, -0.2) is 0 Å². The number of pyridine rings is 1. The molecule has 1 aliphatic rings. The summed E-state index contributed by atoms with van der Waals surface area (Å²) in [5.74, 6) is 0.579. The highest BCUT2D eigenvalue weighted by atomic mass is 35.5.